The van der Waals surface area contributed by atoms with E-state index in [2.05, 4.69) is 4.74 Å². The van der Waals surface area contributed by atoms with Crippen molar-refractivity contribution in [3.63, 3.8) is 0 Å². The molecule has 0 N–H and O–H groups in total. The largest absolute Gasteiger partial charge is 0.460 e. The van der Waals surface area contributed by atoms with Gasteiger partial charge in [-0.1, -0.05) is 13.8 Å². The van der Waals surface area contributed by atoms with Crippen LogP contribution in [0.15, 0.2) is 0 Å². The van der Waals surface area contributed by atoms with Gasteiger partial charge in [-0.3, -0.25) is 4.79 Å². The van der Waals surface area contributed by atoms with E-state index in [9.17, 15) is 79.4 Å². The minimum Gasteiger partial charge on any atom is -0.459 e. The Balaban J connectivity index is 2.33. The Morgan fingerprint density at radius 1 is 0.605 bits per heavy atom. The molecule has 2 aliphatic rings. The highest BCUT2D eigenvalue weighted by Crippen LogP contribution is 2.64. The van der Waals surface area contributed by atoms with Gasteiger partial charge < -0.3 is 4.74 Å². The van der Waals surface area contributed by atoms with Crippen LogP contribution < -0.4 is 0 Å². The Morgan fingerprint density at radius 2 is 1.00 bits per heavy atom. The van der Waals surface area contributed by atoms with Gasteiger partial charge in [-0.25, -0.2) is 0 Å². The van der Waals surface area contributed by atoms with Crippen LogP contribution in [0.1, 0.15) is 26.7 Å². The van der Waals surface area contributed by atoms with Gasteiger partial charge in [0.2, 0.25) is 0 Å². The van der Waals surface area contributed by atoms with Crippen molar-refractivity contribution in [1.29, 1.82) is 0 Å². The second-order valence-electron chi connectivity index (χ2n) is 9.48. The topological polar surface area (TPSA) is 26.3 Å². The Hall–Kier alpha value is -1.72. The maximum absolute atomic E-state index is 13.9. The summed E-state index contributed by atoms with van der Waals surface area (Å²) in [5.41, 5.74) is 0. The molecule has 5 unspecified atom stereocenters. The number of esters is 1. The summed E-state index contributed by atoms with van der Waals surface area (Å²) in [7, 11) is 0. The average molecular weight is 600 g/mol. The lowest BCUT2D eigenvalue weighted by atomic mass is 9.76. The standard InChI is InChI=1S/C19H17F17O2/c1-6-7(2)9-3-8(6)4-10(9)11(37)38-5-12(20,21)13(22,23)14(24,25)15(26,27)16(28,29)17(30,31)18(32,33)19(34,35)36/h6-10H,3-5H2,1-2H3. The first kappa shape index (κ1) is 32.5. The molecular formula is C19H17F17O2. The van der Waals surface area contributed by atoms with E-state index in [0.29, 0.717) is 6.42 Å². The van der Waals surface area contributed by atoms with Gasteiger partial charge >= 0.3 is 53.6 Å². The van der Waals surface area contributed by atoms with Gasteiger partial charge in [0.15, 0.2) is 6.61 Å². The molecule has 2 nitrogen and oxygen atoms in total. The molecule has 2 rings (SSSR count). The van der Waals surface area contributed by atoms with Gasteiger partial charge in [0, 0.05) is 0 Å². The van der Waals surface area contributed by atoms with Crippen molar-refractivity contribution in [2.75, 3.05) is 6.61 Å². The van der Waals surface area contributed by atoms with E-state index in [1.807, 2.05) is 0 Å². The second kappa shape index (κ2) is 8.89. The Morgan fingerprint density at radius 3 is 1.37 bits per heavy atom. The van der Waals surface area contributed by atoms with Crippen molar-refractivity contribution < 1.29 is 84.2 Å². The van der Waals surface area contributed by atoms with Crippen molar-refractivity contribution in [3.8, 4) is 0 Å². The van der Waals surface area contributed by atoms with E-state index in [1.165, 1.54) is 0 Å². The fourth-order valence-corrected chi connectivity index (χ4v) is 4.77. The summed E-state index contributed by atoms with van der Waals surface area (Å²) >= 11 is 0. The van der Waals surface area contributed by atoms with Crippen LogP contribution in [0, 0.1) is 29.6 Å². The smallest absolute Gasteiger partial charge is 0.459 e. The number of carbonyl (C=O) groups excluding carboxylic acids is 1. The number of alkyl halides is 17. The molecule has 38 heavy (non-hydrogen) atoms. The van der Waals surface area contributed by atoms with E-state index in [-0.39, 0.29) is 24.2 Å². The van der Waals surface area contributed by atoms with Crippen molar-refractivity contribution in [2.24, 2.45) is 29.6 Å². The highest BCUT2D eigenvalue weighted by atomic mass is 19.4. The molecule has 0 aromatic heterocycles. The summed E-state index contributed by atoms with van der Waals surface area (Å²) in [5, 5.41) is 0. The van der Waals surface area contributed by atoms with E-state index < -0.39 is 72.0 Å². The SMILES string of the molecule is CC1C2CC(C(=O)OCC(F)(F)C(F)(F)C(F)(F)C(F)(F)C(F)(F)C(F)(F)C(F)(F)C(F)(F)F)C(C2)C1C. The lowest BCUT2D eigenvalue weighted by molar-refractivity contribution is -0.462. The summed E-state index contributed by atoms with van der Waals surface area (Å²) in [6.07, 6.45) is -7.45. The predicted molar refractivity (Wildman–Crippen MR) is 89.7 cm³/mol. The van der Waals surface area contributed by atoms with Gasteiger partial charge in [0.25, 0.3) is 0 Å². The number of hydrogen-bond donors (Lipinski definition) is 0. The molecule has 2 fully saturated rings. The Kier molecular flexibility index (Phi) is 7.60. The maximum Gasteiger partial charge on any atom is 0.460 e. The van der Waals surface area contributed by atoms with Gasteiger partial charge in [0.1, 0.15) is 0 Å². The normalized spacial score (nSPS) is 28.1. The fourth-order valence-electron chi connectivity index (χ4n) is 4.77. The first-order valence-corrected chi connectivity index (χ1v) is 10.4. The molecule has 0 spiro atoms. The molecule has 5 atom stereocenters. The lowest BCUT2D eigenvalue weighted by Crippen LogP contribution is -2.74. The molecule has 2 aliphatic carbocycles. The summed E-state index contributed by atoms with van der Waals surface area (Å²) in [6.45, 7) is 0.235. The van der Waals surface area contributed by atoms with Crippen LogP contribution >= 0.6 is 0 Å². The molecule has 0 heterocycles. The third kappa shape index (κ3) is 4.18. The highest BCUT2D eigenvalue weighted by Gasteiger charge is 2.95. The first-order chi connectivity index (χ1) is 16.5. The van der Waals surface area contributed by atoms with Crippen LogP contribution in [0.5, 0.6) is 0 Å². The molecule has 0 amide bonds. The number of fused-ring (bicyclic) bond motifs is 2. The van der Waals surface area contributed by atoms with Crippen molar-refractivity contribution >= 4 is 5.97 Å². The van der Waals surface area contributed by atoms with Gasteiger partial charge in [0.05, 0.1) is 5.92 Å². The summed E-state index contributed by atoms with van der Waals surface area (Å²) in [6, 6.07) is 0. The average Bonchev–Trinajstić information content (AvgIpc) is 3.30. The molecule has 0 radical (unpaired) electrons. The summed E-state index contributed by atoms with van der Waals surface area (Å²) in [4.78, 5) is 12.1. The first-order valence-electron chi connectivity index (χ1n) is 10.4. The fraction of sp³-hybridized carbons (Fsp3) is 0.947. The molecule has 224 valence electrons. The van der Waals surface area contributed by atoms with Crippen LogP contribution in [0.25, 0.3) is 0 Å². The van der Waals surface area contributed by atoms with Crippen molar-refractivity contribution in [2.45, 2.75) is 74.3 Å². The minimum absolute atomic E-state index is 0.0140. The van der Waals surface area contributed by atoms with Gasteiger partial charge in [-0.15, -0.1) is 0 Å². The second-order valence-corrected chi connectivity index (χ2v) is 9.48. The van der Waals surface area contributed by atoms with Crippen LogP contribution in [0.2, 0.25) is 0 Å². The maximum atomic E-state index is 13.9. The van der Waals surface area contributed by atoms with E-state index in [4.69, 9.17) is 0 Å². The van der Waals surface area contributed by atoms with Gasteiger partial charge in [-0.05, 0) is 36.5 Å². The number of ether oxygens (including phenoxy) is 1. The third-order valence-corrected chi connectivity index (χ3v) is 7.38. The highest BCUT2D eigenvalue weighted by molar-refractivity contribution is 5.73. The number of hydrogen-bond acceptors (Lipinski definition) is 2. The van der Waals surface area contributed by atoms with Crippen LogP contribution in [-0.2, 0) is 9.53 Å². The van der Waals surface area contributed by atoms with Gasteiger partial charge in [-0.2, -0.15) is 74.6 Å². The molecule has 0 aromatic carbocycles. The Bertz CT molecular complexity index is 907. The van der Waals surface area contributed by atoms with E-state index in [1.54, 1.807) is 13.8 Å². The zero-order valence-corrected chi connectivity index (χ0v) is 18.7. The number of rotatable bonds is 9. The molecular weight excluding hydrogens is 583 g/mol. The van der Waals surface area contributed by atoms with E-state index >= 15 is 0 Å². The molecule has 0 aromatic rings. The third-order valence-electron chi connectivity index (χ3n) is 7.38. The quantitative estimate of drug-likeness (QED) is 0.203. The van der Waals surface area contributed by atoms with Crippen LogP contribution in [0.4, 0.5) is 74.6 Å². The van der Waals surface area contributed by atoms with Crippen molar-refractivity contribution in [1.82, 2.24) is 0 Å². The lowest BCUT2D eigenvalue weighted by Gasteiger charge is -2.42. The zero-order valence-electron chi connectivity index (χ0n) is 18.7. The summed E-state index contributed by atoms with van der Waals surface area (Å²) in [5.74, 6) is -60.8. The number of halogens is 17. The monoisotopic (exact) mass is 600 g/mol. The summed E-state index contributed by atoms with van der Waals surface area (Å²) < 4.78 is 229. The molecule has 0 saturated heterocycles. The minimum atomic E-state index is -8.69. The zero-order chi connectivity index (χ0) is 30.3. The molecule has 2 bridgehead atoms. The van der Waals surface area contributed by atoms with Crippen LogP contribution in [0.3, 0.4) is 0 Å². The molecule has 0 aliphatic heterocycles. The predicted octanol–water partition coefficient (Wildman–Crippen LogP) is 7.47. The Labute approximate surface area is 201 Å². The van der Waals surface area contributed by atoms with Crippen molar-refractivity contribution in [3.05, 3.63) is 0 Å². The molecule has 2 saturated carbocycles. The molecule has 19 heteroatoms. The number of carbonyl (C=O) groups is 1. The van der Waals surface area contributed by atoms with Crippen LogP contribution in [-0.4, -0.2) is 60.2 Å². The van der Waals surface area contributed by atoms with E-state index in [0.717, 1.165) is 0 Å².